The summed E-state index contributed by atoms with van der Waals surface area (Å²) in [6.07, 6.45) is 3.87. The number of hydrogen-bond donors (Lipinski definition) is 1. The van der Waals surface area contributed by atoms with Gasteiger partial charge in [-0.05, 0) is 0 Å². The predicted octanol–water partition coefficient (Wildman–Crippen LogP) is 1.46. The zero-order valence-corrected chi connectivity index (χ0v) is 9.16. The van der Waals surface area contributed by atoms with Crippen LogP contribution in [0.25, 0.3) is 6.08 Å². The quantitative estimate of drug-likeness (QED) is 0.751. The van der Waals surface area contributed by atoms with Crippen LogP contribution in [0.4, 0.5) is 0 Å². The average molecular weight is 221 g/mol. The van der Waals surface area contributed by atoms with Gasteiger partial charge in [-0.3, -0.25) is 0 Å². The Kier molecular flexibility index (Phi) is 6.73. The van der Waals surface area contributed by atoms with Crippen molar-refractivity contribution < 1.29 is 32.7 Å². The van der Waals surface area contributed by atoms with Gasteiger partial charge in [-0.15, -0.1) is 42.5 Å². The second-order valence-electron chi connectivity index (χ2n) is 1.96. The van der Waals surface area contributed by atoms with Crippen LogP contribution < -0.4 is 5.73 Å². The van der Waals surface area contributed by atoms with Crippen molar-refractivity contribution in [2.24, 2.45) is 5.73 Å². The SMILES string of the molecule is NC/C=C/c1[c-]cccc1.[Y]. The summed E-state index contributed by atoms with van der Waals surface area (Å²) in [4.78, 5) is 0. The molecule has 1 radical (unpaired) electrons. The van der Waals surface area contributed by atoms with Gasteiger partial charge in [0.05, 0.1) is 0 Å². The summed E-state index contributed by atoms with van der Waals surface area (Å²) in [6, 6.07) is 10.9. The zero-order valence-electron chi connectivity index (χ0n) is 6.33. The minimum atomic E-state index is 0. The summed E-state index contributed by atoms with van der Waals surface area (Å²) in [6.45, 7) is 0.586. The number of hydrogen-bond acceptors (Lipinski definition) is 1. The van der Waals surface area contributed by atoms with Crippen LogP contribution in [-0.2, 0) is 32.7 Å². The van der Waals surface area contributed by atoms with Gasteiger partial charge < -0.3 is 5.73 Å². The number of rotatable bonds is 2. The van der Waals surface area contributed by atoms with Gasteiger partial charge in [0.1, 0.15) is 0 Å². The molecule has 0 aromatic heterocycles. The maximum Gasteiger partial charge on any atom is 0.00251 e. The molecule has 1 nitrogen and oxygen atoms in total. The minimum absolute atomic E-state index is 0. The standard InChI is InChI=1S/C9H10N.Y/c10-8-4-7-9-5-2-1-3-6-9;/h1-5,7H,8,10H2;/q-1;/b7-4+;. The van der Waals surface area contributed by atoms with Gasteiger partial charge in [-0.25, -0.2) is 0 Å². The van der Waals surface area contributed by atoms with E-state index in [1.54, 1.807) is 0 Å². The van der Waals surface area contributed by atoms with Gasteiger partial charge in [0, 0.05) is 39.3 Å². The van der Waals surface area contributed by atoms with E-state index in [2.05, 4.69) is 6.07 Å². The molecule has 0 saturated carbocycles. The smallest absolute Gasteiger partial charge is 0.00251 e. The summed E-state index contributed by atoms with van der Waals surface area (Å²) < 4.78 is 0. The van der Waals surface area contributed by atoms with Gasteiger partial charge in [0.15, 0.2) is 0 Å². The van der Waals surface area contributed by atoms with E-state index in [1.807, 2.05) is 36.4 Å². The van der Waals surface area contributed by atoms with Crippen LogP contribution in [0.1, 0.15) is 5.56 Å². The zero-order chi connectivity index (χ0) is 7.23. The van der Waals surface area contributed by atoms with Crippen molar-refractivity contribution in [2.75, 3.05) is 6.54 Å². The van der Waals surface area contributed by atoms with Crippen molar-refractivity contribution in [1.29, 1.82) is 0 Å². The Labute approximate surface area is 92.6 Å². The van der Waals surface area contributed by atoms with Gasteiger partial charge in [-0.2, -0.15) is 5.56 Å². The van der Waals surface area contributed by atoms with E-state index in [0.717, 1.165) is 5.56 Å². The third kappa shape index (κ3) is 4.46. The van der Waals surface area contributed by atoms with Crippen molar-refractivity contribution in [1.82, 2.24) is 0 Å². The second kappa shape index (κ2) is 6.72. The van der Waals surface area contributed by atoms with E-state index in [-0.39, 0.29) is 32.7 Å². The maximum atomic E-state index is 5.28. The molecule has 0 atom stereocenters. The molecule has 0 aliphatic carbocycles. The largest absolute Gasteiger partial charge is 0.328 e. The van der Waals surface area contributed by atoms with Crippen molar-refractivity contribution in [3.05, 3.63) is 42.0 Å². The summed E-state index contributed by atoms with van der Waals surface area (Å²) in [5.74, 6) is 0. The average Bonchev–Trinajstić information content (AvgIpc) is 2.03. The fourth-order valence-corrected chi connectivity index (χ4v) is 0.706. The van der Waals surface area contributed by atoms with Gasteiger partial charge in [-0.1, -0.05) is 0 Å². The van der Waals surface area contributed by atoms with Gasteiger partial charge >= 0.3 is 0 Å². The molecule has 2 heteroatoms. The molecule has 1 aromatic carbocycles. The van der Waals surface area contributed by atoms with Gasteiger partial charge in [0.25, 0.3) is 0 Å². The van der Waals surface area contributed by atoms with Crippen LogP contribution in [0.3, 0.4) is 0 Å². The first kappa shape index (κ1) is 11.0. The first-order valence-corrected chi connectivity index (χ1v) is 3.27. The fourth-order valence-electron chi connectivity index (χ4n) is 0.706. The molecule has 0 aliphatic rings. The van der Waals surface area contributed by atoms with E-state index in [0.29, 0.717) is 6.54 Å². The molecule has 1 aromatic rings. The van der Waals surface area contributed by atoms with Crippen LogP contribution in [0.15, 0.2) is 30.3 Å². The summed E-state index contributed by atoms with van der Waals surface area (Å²) >= 11 is 0. The normalized spacial score (nSPS) is 9.55. The molecule has 0 unspecified atom stereocenters. The fraction of sp³-hybridized carbons (Fsp3) is 0.111. The summed E-state index contributed by atoms with van der Waals surface area (Å²) in [5.41, 5.74) is 6.35. The first-order valence-electron chi connectivity index (χ1n) is 3.27. The molecule has 0 aliphatic heterocycles. The van der Waals surface area contributed by atoms with Crippen LogP contribution in [0.5, 0.6) is 0 Å². The van der Waals surface area contributed by atoms with Crippen LogP contribution in [0, 0.1) is 6.07 Å². The van der Waals surface area contributed by atoms with Crippen LogP contribution >= 0.6 is 0 Å². The Morgan fingerprint density at radius 1 is 1.45 bits per heavy atom. The number of nitrogens with two attached hydrogens (primary N) is 1. The molecular formula is C9H10NY-. The Hall–Kier alpha value is 0.0239. The third-order valence-corrected chi connectivity index (χ3v) is 1.17. The topological polar surface area (TPSA) is 26.0 Å². The third-order valence-electron chi connectivity index (χ3n) is 1.17. The molecule has 0 amide bonds. The minimum Gasteiger partial charge on any atom is -0.328 e. The van der Waals surface area contributed by atoms with Gasteiger partial charge in [0.2, 0.25) is 0 Å². The molecule has 0 saturated heterocycles. The van der Waals surface area contributed by atoms with E-state index < -0.39 is 0 Å². The molecule has 1 rings (SSSR count). The molecule has 11 heavy (non-hydrogen) atoms. The Balaban J connectivity index is 0.000001000. The van der Waals surface area contributed by atoms with Crippen molar-refractivity contribution >= 4 is 6.08 Å². The second-order valence-corrected chi connectivity index (χ2v) is 1.96. The van der Waals surface area contributed by atoms with Crippen LogP contribution in [-0.4, -0.2) is 6.54 Å². The first-order chi connectivity index (χ1) is 4.93. The molecule has 0 spiro atoms. The maximum absolute atomic E-state index is 5.28. The molecular weight excluding hydrogens is 211 g/mol. The Bertz CT molecular complexity index is 206. The van der Waals surface area contributed by atoms with E-state index >= 15 is 0 Å². The van der Waals surface area contributed by atoms with Crippen molar-refractivity contribution in [3.8, 4) is 0 Å². The molecule has 2 N–H and O–H groups in total. The van der Waals surface area contributed by atoms with Crippen LogP contribution in [0.2, 0.25) is 0 Å². The summed E-state index contributed by atoms with van der Waals surface area (Å²) in [5, 5.41) is 0. The summed E-state index contributed by atoms with van der Waals surface area (Å²) in [7, 11) is 0. The van der Waals surface area contributed by atoms with E-state index in [1.165, 1.54) is 0 Å². The monoisotopic (exact) mass is 221 g/mol. The number of benzene rings is 1. The van der Waals surface area contributed by atoms with Crippen molar-refractivity contribution in [3.63, 3.8) is 0 Å². The molecule has 0 fully saturated rings. The van der Waals surface area contributed by atoms with E-state index in [9.17, 15) is 0 Å². The molecule has 55 valence electrons. The Morgan fingerprint density at radius 3 is 2.82 bits per heavy atom. The Morgan fingerprint density at radius 2 is 2.27 bits per heavy atom. The van der Waals surface area contributed by atoms with Crippen molar-refractivity contribution in [2.45, 2.75) is 0 Å². The molecule has 0 bridgehead atoms. The van der Waals surface area contributed by atoms with E-state index in [4.69, 9.17) is 5.73 Å². The predicted molar refractivity (Wildman–Crippen MR) is 43.4 cm³/mol. The molecule has 0 heterocycles.